The number of rotatable bonds is 2. The van der Waals surface area contributed by atoms with Gasteiger partial charge in [0.2, 0.25) is 0 Å². The molecule has 0 saturated carbocycles. The number of ether oxygens (including phenoxy) is 2. The number of aromatic nitrogens is 3. The zero-order valence-electron chi connectivity index (χ0n) is 11.5. The number of hydrogen-bond acceptors (Lipinski definition) is 4. The number of nitrogens with zero attached hydrogens (tertiary/aromatic N) is 3. The van der Waals surface area contributed by atoms with Crippen molar-refractivity contribution in [2.45, 2.75) is 19.5 Å². The molecule has 3 aromatic rings. The van der Waals surface area contributed by atoms with Gasteiger partial charge in [0, 0.05) is 16.8 Å². The lowest BCUT2D eigenvalue weighted by Crippen LogP contribution is -2.32. The van der Waals surface area contributed by atoms with Crippen LogP contribution in [0.1, 0.15) is 18.8 Å². The number of benzene rings is 1. The molecule has 0 aliphatic carbocycles. The van der Waals surface area contributed by atoms with Gasteiger partial charge in [-0.25, -0.2) is 9.50 Å². The van der Waals surface area contributed by atoms with E-state index >= 15 is 0 Å². The van der Waals surface area contributed by atoms with Crippen molar-refractivity contribution >= 4 is 28.8 Å². The van der Waals surface area contributed by atoms with E-state index in [9.17, 15) is 0 Å². The zero-order chi connectivity index (χ0) is 15.3. The second kappa shape index (κ2) is 5.21. The van der Waals surface area contributed by atoms with E-state index in [1.54, 1.807) is 16.9 Å². The Hall–Kier alpha value is -1.66. The maximum atomic E-state index is 6.40. The Kier molecular flexibility index (Phi) is 3.31. The van der Waals surface area contributed by atoms with Crippen molar-refractivity contribution in [3.8, 4) is 11.1 Å². The highest BCUT2D eigenvalue weighted by Crippen LogP contribution is 2.36. The second-order valence-corrected chi connectivity index (χ2v) is 5.77. The average Bonchev–Trinajstić information content (AvgIpc) is 2.90. The molecule has 7 heteroatoms. The van der Waals surface area contributed by atoms with Gasteiger partial charge in [0.15, 0.2) is 18.2 Å². The molecule has 1 aromatic carbocycles. The van der Waals surface area contributed by atoms with Gasteiger partial charge in [0.05, 0.1) is 11.8 Å². The van der Waals surface area contributed by atoms with Crippen molar-refractivity contribution in [2.24, 2.45) is 0 Å². The summed E-state index contributed by atoms with van der Waals surface area (Å²) in [4.78, 5) is 4.45. The molecular formula is C15H11Cl2N3O2. The Bertz CT molecular complexity index is 859. The van der Waals surface area contributed by atoms with Crippen LogP contribution in [0.15, 0.2) is 36.7 Å². The Morgan fingerprint density at radius 3 is 2.73 bits per heavy atom. The molecule has 0 spiro atoms. The van der Waals surface area contributed by atoms with Gasteiger partial charge >= 0.3 is 0 Å². The van der Waals surface area contributed by atoms with Crippen LogP contribution in [-0.2, 0) is 9.47 Å². The van der Waals surface area contributed by atoms with Gasteiger partial charge in [-0.2, -0.15) is 5.10 Å². The van der Waals surface area contributed by atoms with Gasteiger partial charge in [-0.05, 0) is 24.6 Å². The predicted octanol–water partition coefficient (Wildman–Crippen LogP) is 4.09. The van der Waals surface area contributed by atoms with Crippen LogP contribution >= 0.6 is 23.2 Å². The van der Waals surface area contributed by atoms with E-state index in [1.165, 1.54) is 0 Å². The highest BCUT2D eigenvalue weighted by molar-refractivity contribution is 6.31. The SMILES string of the molecule is CC1OC(c2cnc3c(-c4cccc(Cl)c4)cnn3c2Cl)O1. The van der Waals surface area contributed by atoms with Gasteiger partial charge in [-0.1, -0.05) is 35.3 Å². The van der Waals surface area contributed by atoms with Crippen LogP contribution in [0.5, 0.6) is 0 Å². The summed E-state index contributed by atoms with van der Waals surface area (Å²) >= 11 is 12.4. The molecule has 5 nitrogen and oxygen atoms in total. The monoisotopic (exact) mass is 335 g/mol. The molecule has 0 unspecified atom stereocenters. The zero-order valence-corrected chi connectivity index (χ0v) is 13.0. The Morgan fingerprint density at radius 1 is 1.18 bits per heavy atom. The van der Waals surface area contributed by atoms with Gasteiger partial charge in [-0.3, -0.25) is 0 Å². The van der Waals surface area contributed by atoms with Crippen molar-refractivity contribution in [1.29, 1.82) is 0 Å². The van der Waals surface area contributed by atoms with Crippen LogP contribution in [0.2, 0.25) is 10.2 Å². The molecule has 2 aromatic heterocycles. The maximum absolute atomic E-state index is 6.40. The van der Waals surface area contributed by atoms with Crippen LogP contribution < -0.4 is 0 Å². The molecule has 0 N–H and O–H groups in total. The minimum atomic E-state index is -0.488. The van der Waals surface area contributed by atoms with Crippen LogP contribution in [-0.4, -0.2) is 20.9 Å². The van der Waals surface area contributed by atoms with E-state index in [-0.39, 0.29) is 6.29 Å². The molecule has 0 atom stereocenters. The lowest BCUT2D eigenvalue weighted by Gasteiger charge is -2.33. The lowest BCUT2D eigenvalue weighted by molar-refractivity contribution is -0.382. The average molecular weight is 336 g/mol. The quantitative estimate of drug-likeness (QED) is 0.661. The van der Waals surface area contributed by atoms with Crippen molar-refractivity contribution in [2.75, 3.05) is 0 Å². The summed E-state index contributed by atoms with van der Waals surface area (Å²) in [6.45, 7) is 1.82. The highest BCUT2D eigenvalue weighted by Gasteiger charge is 2.31. The van der Waals surface area contributed by atoms with Crippen molar-refractivity contribution in [1.82, 2.24) is 14.6 Å². The molecule has 22 heavy (non-hydrogen) atoms. The Balaban J connectivity index is 1.82. The van der Waals surface area contributed by atoms with Crippen LogP contribution in [0.4, 0.5) is 0 Å². The third-order valence-electron chi connectivity index (χ3n) is 3.51. The third-order valence-corrected chi connectivity index (χ3v) is 4.13. The number of fused-ring (bicyclic) bond motifs is 1. The van der Waals surface area contributed by atoms with E-state index < -0.39 is 6.29 Å². The van der Waals surface area contributed by atoms with Gasteiger partial charge in [0.25, 0.3) is 0 Å². The standard InChI is InChI=1S/C15H11Cl2N3O2/c1-8-21-15(22-8)12-6-18-14-11(7-19-20(14)13(12)17)9-3-2-4-10(16)5-9/h2-8,15H,1H3. The first-order valence-electron chi connectivity index (χ1n) is 6.72. The summed E-state index contributed by atoms with van der Waals surface area (Å²) in [6, 6.07) is 7.52. The summed E-state index contributed by atoms with van der Waals surface area (Å²) in [5.74, 6) is 0. The van der Waals surface area contributed by atoms with Gasteiger partial charge < -0.3 is 9.47 Å². The molecular weight excluding hydrogens is 325 g/mol. The minimum Gasteiger partial charge on any atom is -0.319 e. The van der Waals surface area contributed by atoms with Gasteiger partial charge in [0.1, 0.15) is 5.15 Å². The summed E-state index contributed by atoms with van der Waals surface area (Å²) in [5.41, 5.74) is 3.11. The summed E-state index contributed by atoms with van der Waals surface area (Å²) < 4.78 is 12.5. The first kappa shape index (κ1) is 14.0. The van der Waals surface area contributed by atoms with Crippen molar-refractivity contribution < 1.29 is 9.47 Å². The largest absolute Gasteiger partial charge is 0.319 e. The Morgan fingerprint density at radius 2 is 2.00 bits per heavy atom. The summed E-state index contributed by atoms with van der Waals surface area (Å²) in [5, 5.41) is 5.40. The molecule has 1 saturated heterocycles. The van der Waals surface area contributed by atoms with E-state index in [2.05, 4.69) is 10.1 Å². The summed E-state index contributed by atoms with van der Waals surface area (Å²) in [6.07, 6.45) is 2.66. The van der Waals surface area contributed by atoms with Crippen molar-refractivity contribution in [3.63, 3.8) is 0 Å². The molecule has 1 fully saturated rings. The van der Waals surface area contributed by atoms with E-state index in [4.69, 9.17) is 32.7 Å². The Labute approximate surface area is 136 Å². The molecule has 1 aliphatic heterocycles. The molecule has 4 rings (SSSR count). The fourth-order valence-electron chi connectivity index (χ4n) is 2.44. The third kappa shape index (κ3) is 2.18. The number of halogens is 2. The minimum absolute atomic E-state index is 0.226. The smallest absolute Gasteiger partial charge is 0.194 e. The first-order chi connectivity index (χ1) is 10.6. The summed E-state index contributed by atoms with van der Waals surface area (Å²) in [7, 11) is 0. The van der Waals surface area contributed by atoms with Crippen molar-refractivity contribution in [3.05, 3.63) is 52.4 Å². The van der Waals surface area contributed by atoms with Crippen LogP contribution in [0.25, 0.3) is 16.8 Å². The van der Waals surface area contributed by atoms with E-state index in [1.807, 2.05) is 31.2 Å². The number of hydrogen-bond donors (Lipinski definition) is 0. The fourth-order valence-corrected chi connectivity index (χ4v) is 2.89. The second-order valence-electron chi connectivity index (χ2n) is 4.98. The van der Waals surface area contributed by atoms with E-state index in [0.717, 1.165) is 11.1 Å². The molecule has 0 amide bonds. The maximum Gasteiger partial charge on any atom is 0.194 e. The lowest BCUT2D eigenvalue weighted by atomic mass is 10.1. The normalized spacial score (nSPS) is 21.0. The topological polar surface area (TPSA) is 48.7 Å². The molecule has 1 aliphatic rings. The van der Waals surface area contributed by atoms with Gasteiger partial charge in [-0.15, -0.1) is 0 Å². The highest BCUT2D eigenvalue weighted by atomic mass is 35.5. The molecule has 0 bridgehead atoms. The van der Waals surface area contributed by atoms with Crippen LogP contribution in [0.3, 0.4) is 0 Å². The van der Waals surface area contributed by atoms with Crippen LogP contribution in [0, 0.1) is 0 Å². The fraction of sp³-hybridized carbons (Fsp3) is 0.200. The molecule has 0 radical (unpaired) electrons. The van der Waals surface area contributed by atoms with E-state index in [0.29, 0.717) is 21.4 Å². The molecule has 112 valence electrons. The molecule has 3 heterocycles. The first-order valence-corrected chi connectivity index (χ1v) is 7.48. The predicted molar refractivity (Wildman–Crippen MR) is 82.8 cm³/mol.